The van der Waals surface area contributed by atoms with Gasteiger partial charge in [-0.15, -0.1) is 0 Å². The molecule has 19 heavy (non-hydrogen) atoms. The first-order valence-corrected chi connectivity index (χ1v) is 6.75. The predicted octanol–water partition coefficient (Wildman–Crippen LogP) is 0.271. The van der Waals surface area contributed by atoms with E-state index in [2.05, 4.69) is 5.32 Å². The van der Waals surface area contributed by atoms with Crippen LogP contribution in [0.25, 0.3) is 0 Å². The Labute approximate surface area is 112 Å². The van der Waals surface area contributed by atoms with E-state index >= 15 is 0 Å². The highest BCUT2D eigenvalue weighted by atomic mass is 16.4. The number of aliphatic carboxylic acids is 1. The number of amides is 1. The van der Waals surface area contributed by atoms with Gasteiger partial charge in [-0.25, -0.2) is 0 Å². The largest absolute Gasteiger partial charge is 0.481 e. The van der Waals surface area contributed by atoms with E-state index in [0.29, 0.717) is 0 Å². The van der Waals surface area contributed by atoms with Gasteiger partial charge in [0.25, 0.3) is 0 Å². The molecule has 1 amide bonds. The summed E-state index contributed by atoms with van der Waals surface area (Å²) in [4.78, 5) is 22.8. The number of rotatable bonds is 7. The average Bonchev–Trinajstić information content (AvgIpc) is 2.35. The lowest BCUT2D eigenvalue weighted by atomic mass is 9.69. The summed E-state index contributed by atoms with van der Waals surface area (Å²) < 4.78 is 0. The summed E-state index contributed by atoms with van der Waals surface area (Å²) >= 11 is 0. The SMILES string of the molecule is O=C(O)CC1(CC(=O)NCC(O)CO)CCCCC1. The third kappa shape index (κ3) is 5.57. The molecule has 6 heteroatoms. The fourth-order valence-electron chi connectivity index (χ4n) is 2.74. The number of carbonyl (C=O) groups excluding carboxylic acids is 1. The summed E-state index contributed by atoms with van der Waals surface area (Å²) in [5, 5.41) is 29.4. The van der Waals surface area contributed by atoms with Crippen LogP contribution in [0.5, 0.6) is 0 Å². The highest BCUT2D eigenvalue weighted by molar-refractivity contribution is 5.78. The van der Waals surface area contributed by atoms with Crippen molar-refractivity contribution >= 4 is 11.9 Å². The second-order valence-corrected chi connectivity index (χ2v) is 5.45. The van der Waals surface area contributed by atoms with Crippen molar-refractivity contribution < 1.29 is 24.9 Å². The second-order valence-electron chi connectivity index (χ2n) is 5.45. The molecule has 0 radical (unpaired) electrons. The summed E-state index contributed by atoms with van der Waals surface area (Å²) in [6, 6.07) is 0. The van der Waals surface area contributed by atoms with Crippen molar-refractivity contribution in [3.8, 4) is 0 Å². The van der Waals surface area contributed by atoms with Gasteiger partial charge in [-0.2, -0.15) is 0 Å². The molecule has 0 aromatic heterocycles. The quantitative estimate of drug-likeness (QED) is 0.532. The predicted molar refractivity (Wildman–Crippen MR) is 68.5 cm³/mol. The Hall–Kier alpha value is -1.14. The van der Waals surface area contributed by atoms with E-state index < -0.39 is 24.1 Å². The third-order valence-corrected chi connectivity index (χ3v) is 3.72. The number of nitrogens with one attached hydrogen (secondary N) is 1. The zero-order valence-electron chi connectivity index (χ0n) is 11.1. The monoisotopic (exact) mass is 273 g/mol. The van der Waals surface area contributed by atoms with Crippen molar-refractivity contribution in [1.29, 1.82) is 0 Å². The maximum absolute atomic E-state index is 11.8. The topological polar surface area (TPSA) is 107 Å². The lowest BCUT2D eigenvalue weighted by Gasteiger charge is -2.35. The van der Waals surface area contributed by atoms with Crippen LogP contribution >= 0.6 is 0 Å². The Morgan fingerprint density at radius 1 is 1.16 bits per heavy atom. The molecule has 1 aliphatic rings. The summed E-state index contributed by atoms with van der Waals surface area (Å²) in [5.41, 5.74) is -0.446. The zero-order chi connectivity index (χ0) is 14.3. The molecule has 0 saturated heterocycles. The number of aliphatic hydroxyl groups excluding tert-OH is 2. The van der Waals surface area contributed by atoms with Crippen LogP contribution in [-0.2, 0) is 9.59 Å². The number of carbonyl (C=O) groups is 2. The van der Waals surface area contributed by atoms with Crippen LogP contribution in [0, 0.1) is 5.41 Å². The van der Waals surface area contributed by atoms with Gasteiger partial charge >= 0.3 is 5.97 Å². The van der Waals surface area contributed by atoms with Gasteiger partial charge < -0.3 is 20.6 Å². The molecule has 0 heterocycles. The Balaban J connectivity index is 2.52. The number of hydrogen-bond acceptors (Lipinski definition) is 4. The lowest BCUT2D eigenvalue weighted by molar-refractivity contribution is -0.141. The van der Waals surface area contributed by atoms with Gasteiger partial charge in [0, 0.05) is 13.0 Å². The summed E-state index contributed by atoms with van der Waals surface area (Å²) in [6.45, 7) is -0.404. The van der Waals surface area contributed by atoms with E-state index in [0.717, 1.165) is 32.1 Å². The maximum Gasteiger partial charge on any atom is 0.303 e. The van der Waals surface area contributed by atoms with E-state index in [9.17, 15) is 9.59 Å². The van der Waals surface area contributed by atoms with E-state index in [1.165, 1.54) is 0 Å². The molecule has 0 aliphatic heterocycles. The lowest BCUT2D eigenvalue weighted by Crippen LogP contribution is -2.38. The number of aliphatic hydroxyl groups is 2. The summed E-state index contributed by atoms with van der Waals surface area (Å²) in [6.07, 6.45) is 3.75. The molecule has 110 valence electrons. The van der Waals surface area contributed by atoms with Crippen LogP contribution < -0.4 is 5.32 Å². The van der Waals surface area contributed by atoms with Gasteiger partial charge in [-0.1, -0.05) is 19.3 Å². The van der Waals surface area contributed by atoms with Crippen molar-refractivity contribution in [2.75, 3.05) is 13.2 Å². The van der Waals surface area contributed by atoms with Crippen LogP contribution in [0.2, 0.25) is 0 Å². The van der Waals surface area contributed by atoms with E-state index in [-0.39, 0.29) is 25.3 Å². The fraction of sp³-hybridized carbons (Fsp3) is 0.846. The minimum absolute atomic E-state index is 0.00150. The van der Waals surface area contributed by atoms with Gasteiger partial charge in [0.15, 0.2) is 0 Å². The molecule has 0 aromatic carbocycles. The maximum atomic E-state index is 11.8. The molecule has 0 bridgehead atoms. The number of hydrogen-bond donors (Lipinski definition) is 4. The standard InChI is InChI=1S/C13H23NO5/c15-9-10(16)8-14-11(17)6-13(7-12(18)19)4-2-1-3-5-13/h10,15-16H,1-9H2,(H,14,17)(H,18,19). The normalized spacial score (nSPS) is 19.7. The summed E-state index contributed by atoms with van der Waals surface area (Å²) in [7, 11) is 0. The summed E-state index contributed by atoms with van der Waals surface area (Å²) in [5.74, 6) is -1.12. The van der Waals surface area contributed by atoms with Crippen molar-refractivity contribution in [3.63, 3.8) is 0 Å². The van der Waals surface area contributed by atoms with Crippen LogP contribution in [0.1, 0.15) is 44.9 Å². The van der Waals surface area contributed by atoms with Crippen molar-refractivity contribution in [2.24, 2.45) is 5.41 Å². The van der Waals surface area contributed by atoms with Gasteiger partial charge in [0.2, 0.25) is 5.91 Å². The molecular weight excluding hydrogens is 250 g/mol. The number of carboxylic acids is 1. The van der Waals surface area contributed by atoms with Crippen LogP contribution in [0.3, 0.4) is 0 Å². The first kappa shape index (κ1) is 15.9. The van der Waals surface area contributed by atoms with Crippen molar-refractivity contribution in [3.05, 3.63) is 0 Å². The Bertz CT molecular complexity index is 312. The molecule has 4 N–H and O–H groups in total. The highest BCUT2D eigenvalue weighted by Gasteiger charge is 2.36. The van der Waals surface area contributed by atoms with Crippen molar-refractivity contribution in [1.82, 2.24) is 5.32 Å². The first-order valence-electron chi connectivity index (χ1n) is 6.75. The smallest absolute Gasteiger partial charge is 0.303 e. The molecule has 1 rings (SSSR count). The molecule has 1 unspecified atom stereocenters. The van der Waals surface area contributed by atoms with Gasteiger partial charge in [-0.3, -0.25) is 9.59 Å². The third-order valence-electron chi connectivity index (χ3n) is 3.72. The van der Waals surface area contributed by atoms with Crippen LogP contribution in [-0.4, -0.2) is 46.5 Å². The molecule has 1 aliphatic carbocycles. The van der Waals surface area contributed by atoms with Gasteiger partial charge in [0.05, 0.1) is 19.1 Å². The molecule has 1 saturated carbocycles. The zero-order valence-corrected chi connectivity index (χ0v) is 11.1. The van der Waals surface area contributed by atoms with Gasteiger partial charge in [-0.05, 0) is 18.3 Å². The Morgan fingerprint density at radius 3 is 2.32 bits per heavy atom. The highest BCUT2D eigenvalue weighted by Crippen LogP contribution is 2.42. The Morgan fingerprint density at radius 2 is 1.79 bits per heavy atom. The molecule has 0 aromatic rings. The van der Waals surface area contributed by atoms with E-state index in [1.807, 2.05) is 0 Å². The van der Waals surface area contributed by atoms with Crippen molar-refractivity contribution in [2.45, 2.75) is 51.0 Å². The van der Waals surface area contributed by atoms with E-state index in [4.69, 9.17) is 15.3 Å². The van der Waals surface area contributed by atoms with Gasteiger partial charge in [0.1, 0.15) is 0 Å². The molecule has 1 atom stereocenters. The minimum atomic E-state index is -0.967. The van der Waals surface area contributed by atoms with E-state index in [1.54, 1.807) is 0 Å². The van der Waals surface area contributed by atoms with Crippen LogP contribution in [0.4, 0.5) is 0 Å². The van der Waals surface area contributed by atoms with Crippen LogP contribution in [0.15, 0.2) is 0 Å². The second kappa shape index (κ2) is 7.45. The Kier molecular flexibility index (Phi) is 6.24. The average molecular weight is 273 g/mol. The molecule has 6 nitrogen and oxygen atoms in total. The first-order chi connectivity index (χ1) is 8.97. The minimum Gasteiger partial charge on any atom is -0.481 e. The number of carboxylic acid groups (broad SMARTS) is 1. The molecule has 1 fully saturated rings. The molecule has 0 spiro atoms. The molecular formula is C13H23NO5. The fourth-order valence-corrected chi connectivity index (χ4v) is 2.74.